The minimum absolute atomic E-state index is 0.0260. The van der Waals surface area contributed by atoms with Gasteiger partial charge in [-0.1, -0.05) is 15.9 Å². The molecule has 8 nitrogen and oxygen atoms in total. The lowest BCUT2D eigenvalue weighted by atomic mass is 10.1. The lowest BCUT2D eigenvalue weighted by Gasteiger charge is -2.25. The Kier molecular flexibility index (Phi) is 6.31. The molecule has 12 heteroatoms. The summed E-state index contributed by atoms with van der Waals surface area (Å²) in [6, 6.07) is 1.60. The van der Waals surface area contributed by atoms with Crippen molar-refractivity contribution in [1.29, 1.82) is 0 Å². The van der Waals surface area contributed by atoms with Crippen LogP contribution in [0.2, 0.25) is 0 Å². The molecule has 0 saturated heterocycles. The van der Waals surface area contributed by atoms with E-state index in [9.17, 15) is 4.79 Å². The van der Waals surface area contributed by atoms with E-state index in [1.165, 1.54) is 0 Å². The van der Waals surface area contributed by atoms with Crippen molar-refractivity contribution >= 4 is 70.2 Å². The molecular formula is C8H2Br4N6O2. The second-order valence-electron chi connectivity index (χ2n) is 3.04. The molecular weight excluding hydrogens is 532 g/mol. The van der Waals surface area contributed by atoms with Crippen LogP contribution in [0.1, 0.15) is 5.56 Å². The highest BCUT2D eigenvalue weighted by molar-refractivity contribution is 9.14. The van der Waals surface area contributed by atoms with Gasteiger partial charge >= 0.3 is 0 Å². The number of rotatable bonds is 5. The van der Waals surface area contributed by atoms with Gasteiger partial charge in [-0.15, -0.1) is 0 Å². The van der Waals surface area contributed by atoms with Crippen molar-refractivity contribution in [2.24, 2.45) is 10.2 Å². The Balaban J connectivity index is 3.82. The number of carbonyl (C=O) groups excluding carboxylic acids is 1. The molecule has 0 aliphatic carbocycles. The topological polar surface area (TPSA) is 124 Å². The van der Waals surface area contributed by atoms with E-state index in [-0.39, 0.29) is 12.0 Å². The molecule has 0 aromatic heterocycles. The normalized spacial score (nSPS) is 12.6. The molecule has 1 aromatic carbocycles. The van der Waals surface area contributed by atoms with Gasteiger partial charge in [0.1, 0.15) is 0 Å². The van der Waals surface area contributed by atoms with Crippen LogP contribution in [-0.2, 0) is 15.4 Å². The van der Waals surface area contributed by atoms with Crippen molar-refractivity contribution in [3.05, 3.63) is 50.4 Å². The monoisotopic (exact) mass is 530 g/mol. The largest absolute Gasteiger partial charge is 0.444 e. The van der Waals surface area contributed by atoms with Crippen LogP contribution in [0.25, 0.3) is 20.9 Å². The molecule has 0 radical (unpaired) electrons. The van der Waals surface area contributed by atoms with E-state index in [0.29, 0.717) is 17.9 Å². The quantitative estimate of drug-likeness (QED) is 0.121. The molecule has 1 aromatic rings. The van der Waals surface area contributed by atoms with E-state index in [4.69, 9.17) is 15.8 Å². The predicted octanol–water partition coefficient (Wildman–Crippen LogP) is 5.64. The van der Waals surface area contributed by atoms with Gasteiger partial charge in [0.15, 0.2) is 0 Å². The second kappa shape index (κ2) is 7.30. The highest BCUT2D eigenvalue weighted by Gasteiger charge is 2.37. The first-order valence-corrected chi connectivity index (χ1v) is 7.68. The summed E-state index contributed by atoms with van der Waals surface area (Å²) in [4.78, 5) is 15.8. The summed E-state index contributed by atoms with van der Waals surface area (Å²) in [6.45, 7) is 0.0260. The van der Waals surface area contributed by atoms with Crippen LogP contribution >= 0.6 is 63.7 Å². The zero-order valence-corrected chi connectivity index (χ0v) is 15.5. The van der Waals surface area contributed by atoms with E-state index in [1.54, 1.807) is 6.07 Å². The summed E-state index contributed by atoms with van der Waals surface area (Å²) in [5, 5.41) is 6.62. The number of azide groups is 1. The second-order valence-corrected chi connectivity index (χ2v) is 6.34. The van der Waals surface area contributed by atoms with E-state index < -0.39 is 5.85 Å². The Morgan fingerprint density at radius 3 is 2.10 bits per heavy atom. The van der Waals surface area contributed by atoms with Crippen molar-refractivity contribution in [3.63, 3.8) is 0 Å². The first-order valence-electron chi connectivity index (χ1n) is 4.51. The number of hydrogen-bond donors (Lipinski definition) is 0. The molecule has 0 saturated carbocycles. The molecule has 104 valence electrons. The van der Waals surface area contributed by atoms with E-state index >= 15 is 0 Å². The minimum Gasteiger partial charge on any atom is -0.444 e. The van der Waals surface area contributed by atoms with Gasteiger partial charge in [-0.3, -0.25) is 4.79 Å². The average Bonchev–Trinajstić information content (AvgIpc) is 2.37. The number of hydrogen-bond acceptors (Lipinski definition) is 4. The van der Waals surface area contributed by atoms with Gasteiger partial charge in [-0.25, -0.2) is 0 Å². The van der Waals surface area contributed by atoms with Gasteiger partial charge in [0.05, 0.1) is 0 Å². The summed E-state index contributed by atoms with van der Waals surface area (Å²) in [5.74, 6) is -2.19. The Hall–Kier alpha value is -0.770. The molecule has 1 rings (SSSR count). The molecule has 0 bridgehead atoms. The molecule has 0 spiro atoms. The first kappa shape index (κ1) is 17.3. The maximum atomic E-state index is 10.7. The maximum absolute atomic E-state index is 10.7. The van der Waals surface area contributed by atoms with Crippen LogP contribution in [0, 0.1) is 0 Å². The Morgan fingerprint density at radius 2 is 1.65 bits per heavy atom. The summed E-state index contributed by atoms with van der Waals surface area (Å²) in [6.07, 6.45) is 0. The van der Waals surface area contributed by atoms with Gasteiger partial charge < -0.3 is 4.74 Å². The first-order chi connectivity index (χ1) is 9.43. The third kappa shape index (κ3) is 3.27. The minimum atomic E-state index is -2.19. The van der Waals surface area contributed by atoms with Gasteiger partial charge in [0.25, 0.3) is 12.3 Å². The molecule has 0 amide bonds. The standard InChI is InChI=1S/C8H2Br4N6O2/c9-3-1-4(10)6(11)7(12)5(3)8(15-17-13,16-18-14)20-2-19/h1-2H. The van der Waals surface area contributed by atoms with Crippen LogP contribution < -0.4 is 0 Å². The van der Waals surface area contributed by atoms with Crippen molar-refractivity contribution < 1.29 is 9.53 Å². The predicted molar refractivity (Wildman–Crippen MR) is 84.4 cm³/mol. The number of nitrogens with zero attached hydrogens (tertiary/aromatic N) is 6. The van der Waals surface area contributed by atoms with E-state index in [0.717, 1.165) is 0 Å². The van der Waals surface area contributed by atoms with Crippen molar-refractivity contribution in [1.82, 2.24) is 0 Å². The van der Waals surface area contributed by atoms with Gasteiger partial charge in [-0.05, 0) is 75.1 Å². The van der Waals surface area contributed by atoms with E-state index in [2.05, 4.69) is 83.8 Å². The molecule has 0 heterocycles. The van der Waals surface area contributed by atoms with E-state index in [1.807, 2.05) is 0 Å². The zero-order valence-electron chi connectivity index (χ0n) is 9.17. The van der Waals surface area contributed by atoms with Crippen LogP contribution in [-0.4, -0.2) is 6.47 Å². The number of halogens is 4. The van der Waals surface area contributed by atoms with Gasteiger partial charge in [-0.2, -0.15) is 0 Å². The molecule has 0 aliphatic rings. The molecule has 20 heavy (non-hydrogen) atoms. The van der Waals surface area contributed by atoms with Crippen molar-refractivity contribution in [2.45, 2.75) is 5.85 Å². The zero-order chi connectivity index (χ0) is 15.3. The molecule has 0 aliphatic heterocycles. The fourth-order valence-corrected chi connectivity index (χ4v) is 4.23. The van der Waals surface area contributed by atoms with Crippen LogP contribution in [0.4, 0.5) is 0 Å². The summed E-state index contributed by atoms with van der Waals surface area (Å²) >= 11 is 13.1. The molecule has 0 atom stereocenters. The summed E-state index contributed by atoms with van der Waals surface area (Å²) in [5.41, 5.74) is 17.4. The fraction of sp³-hybridized carbons (Fsp3) is 0.125. The number of carbonyl (C=O) groups is 1. The maximum Gasteiger partial charge on any atom is 0.295 e. The smallest absolute Gasteiger partial charge is 0.295 e. The van der Waals surface area contributed by atoms with Crippen LogP contribution in [0.15, 0.2) is 34.2 Å². The highest BCUT2D eigenvalue weighted by atomic mass is 79.9. The highest BCUT2D eigenvalue weighted by Crippen LogP contribution is 2.45. The molecule has 0 unspecified atom stereocenters. The SMILES string of the molecule is [N-]=[N+]=NC(N=[N+]=[N-])(OC=O)c1c(Br)cc(Br)c(Br)c1Br. The third-order valence-corrected chi connectivity index (χ3v) is 5.94. The van der Waals surface area contributed by atoms with Gasteiger partial charge in [0, 0.05) is 33.3 Å². The third-order valence-electron chi connectivity index (χ3n) is 2.01. The number of benzene rings is 1. The Morgan fingerprint density at radius 1 is 1.10 bits per heavy atom. The summed E-state index contributed by atoms with van der Waals surface area (Å²) < 4.78 is 6.72. The van der Waals surface area contributed by atoms with Gasteiger partial charge in [0.2, 0.25) is 0 Å². The molecule has 0 fully saturated rings. The van der Waals surface area contributed by atoms with Crippen molar-refractivity contribution in [2.75, 3.05) is 0 Å². The fourth-order valence-electron chi connectivity index (χ4n) is 1.28. The Labute approximate surface area is 145 Å². The molecule has 0 N–H and O–H groups in total. The lowest BCUT2D eigenvalue weighted by Crippen LogP contribution is -2.25. The lowest BCUT2D eigenvalue weighted by molar-refractivity contribution is -0.143. The number of ether oxygens (including phenoxy) is 1. The summed E-state index contributed by atoms with van der Waals surface area (Å²) in [7, 11) is 0. The van der Waals surface area contributed by atoms with Crippen LogP contribution in [0.5, 0.6) is 0 Å². The van der Waals surface area contributed by atoms with Crippen LogP contribution in [0.3, 0.4) is 0 Å². The Bertz CT molecular complexity index is 635. The average molecular weight is 534 g/mol. The van der Waals surface area contributed by atoms with Crippen molar-refractivity contribution in [3.8, 4) is 0 Å².